The van der Waals surface area contributed by atoms with Crippen LogP contribution in [0.1, 0.15) is 17.3 Å². The Hall–Kier alpha value is -2.63. The van der Waals surface area contributed by atoms with Crippen molar-refractivity contribution in [1.29, 1.82) is 0 Å². The van der Waals surface area contributed by atoms with E-state index < -0.39 is 11.9 Å². The van der Waals surface area contributed by atoms with Gasteiger partial charge in [0.25, 0.3) is 0 Å². The SMILES string of the molecule is COC(=O)/C=C(/Nc1ccc(C(C)=O)cc1)C(=O)OC. The number of nitrogens with one attached hydrogen (secondary N) is 1. The topological polar surface area (TPSA) is 81.7 Å². The molecule has 0 aliphatic rings. The second-order valence-corrected chi connectivity index (χ2v) is 3.83. The molecule has 106 valence electrons. The van der Waals surface area contributed by atoms with Gasteiger partial charge in [-0.2, -0.15) is 0 Å². The number of esters is 2. The zero-order valence-corrected chi connectivity index (χ0v) is 11.4. The van der Waals surface area contributed by atoms with E-state index in [0.29, 0.717) is 11.3 Å². The van der Waals surface area contributed by atoms with Gasteiger partial charge in [0, 0.05) is 11.3 Å². The van der Waals surface area contributed by atoms with E-state index in [1.807, 2.05) is 0 Å². The van der Waals surface area contributed by atoms with Crippen LogP contribution in [0.4, 0.5) is 5.69 Å². The molecule has 0 heterocycles. The molecule has 0 aliphatic heterocycles. The van der Waals surface area contributed by atoms with Gasteiger partial charge >= 0.3 is 11.9 Å². The van der Waals surface area contributed by atoms with E-state index in [4.69, 9.17) is 0 Å². The molecule has 1 aromatic rings. The maximum absolute atomic E-state index is 11.5. The Morgan fingerprint density at radius 1 is 1.05 bits per heavy atom. The van der Waals surface area contributed by atoms with Crippen LogP contribution in [0, 0.1) is 0 Å². The average molecular weight is 277 g/mol. The zero-order chi connectivity index (χ0) is 15.1. The van der Waals surface area contributed by atoms with Crippen molar-refractivity contribution in [3.05, 3.63) is 41.6 Å². The van der Waals surface area contributed by atoms with Crippen LogP contribution in [0.3, 0.4) is 0 Å². The molecule has 0 fully saturated rings. The molecule has 0 spiro atoms. The van der Waals surface area contributed by atoms with Gasteiger partial charge in [0.1, 0.15) is 5.70 Å². The van der Waals surface area contributed by atoms with Gasteiger partial charge in [-0.15, -0.1) is 0 Å². The van der Waals surface area contributed by atoms with E-state index >= 15 is 0 Å². The zero-order valence-electron chi connectivity index (χ0n) is 11.4. The van der Waals surface area contributed by atoms with Crippen molar-refractivity contribution < 1.29 is 23.9 Å². The lowest BCUT2D eigenvalue weighted by Crippen LogP contribution is -2.15. The highest BCUT2D eigenvalue weighted by Crippen LogP contribution is 2.13. The first-order valence-electron chi connectivity index (χ1n) is 5.74. The van der Waals surface area contributed by atoms with Gasteiger partial charge in [-0.3, -0.25) is 4.79 Å². The second-order valence-electron chi connectivity index (χ2n) is 3.83. The minimum atomic E-state index is -0.703. The molecule has 0 radical (unpaired) electrons. The van der Waals surface area contributed by atoms with Crippen LogP contribution in [-0.2, 0) is 19.1 Å². The van der Waals surface area contributed by atoms with E-state index in [2.05, 4.69) is 14.8 Å². The van der Waals surface area contributed by atoms with Crippen molar-refractivity contribution in [3.63, 3.8) is 0 Å². The molecular formula is C14H15NO5. The van der Waals surface area contributed by atoms with Gasteiger partial charge in [-0.1, -0.05) is 0 Å². The summed E-state index contributed by atoms with van der Waals surface area (Å²) in [5, 5.41) is 2.74. The number of Topliss-reactive ketones (excluding diaryl/α,β-unsaturated/α-hetero) is 1. The molecule has 1 rings (SSSR count). The van der Waals surface area contributed by atoms with E-state index in [1.165, 1.54) is 21.1 Å². The molecule has 0 amide bonds. The lowest BCUT2D eigenvalue weighted by Gasteiger charge is -2.09. The molecule has 0 atom stereocenters. The summed E-state index contributed by atoms with van der Waals surface area (Å²) in [6.45, 7) is 1.46. The quantitative estimate of drug-likeness (QED) is 0.499. The number of benzene rings is 1. The molecule has 1 N–H and O–H groups in total. The largest absolute Gasteiger partial charge is 0.466 e. The smallest absolute Gasteiger partial charge is 0.354 e. The summed E-state index contributed by atoms with van der Waals surface area (Å²) in [7, 11) is 2.41. The number of methoxy groups -OCH3 is 2. The van der Waals surface area contributed by atoms with Crippen LogP contribution < -0.4 is 5.32 Å². The number of ketones is 1. The Morgan fingerprint density at radius 3 is 2.10 bits per heavy atom. The number of rotatable bonds is 5. The third kappa shape index (κ3) is 4.24. The molecular weight excluding hydrogens is 262 g/mol. The molecule has 0 aliphatic carbocycles. The number of anilines is 1. The summed E-state index contributed by atoms with van der Waals surface area (Å²) in [6.07, 6.45) is 0.991. The minimum Gasteiger partial charge on any atom is -0.466 e. The second kappa shape index (κ2) is 7.08. The van der Waals surface area contributed by atoms with Crippen LogP contribution in [0.2, 0.25) is 0 Å². The van der Waals surface area contributed by atoms with Gasteiger partial charge < -0.3 is 14.8 Å². The third-order valence-corrected chi connectivity index (χ3v) is 2.44. The summed E-state index contributed by atoms with van der Waals surface area (Å²) in [5.74, 6) is -1.45. The van der Waals surface area contributed by atoms with Crippen molar-refractivity contribution in [2.24, 2.45) is 0 Å². The van der Waals surface area contributed by atoms with Crippen LogP contribution in [0.15, 0.2) is 36.0 Å². The van der Waals surface area contributed by atoms with E-state index in [1.54, 1.807) is 24.3 Å². The van der Waals surface area contributed by atoms with Crippen LogP contribution >= 0.6 is 0 Å². The first-order chi connectivity index (χ1) is 9.47. The maximum Gasteiger partial charge on any atom is 0.354 e. The Balaban J connectivity index is 2.95. The number of carbonyl (C=O) groups is 3. The van der Waals surface area contributed by atoms with Crippen molar-refractivity contribution in [3.8, 4) is 0 Å². The van der Waals surface area contributed by atoms with E-state index in [-0.39, 0.29) is 11.5 Å². The third-order valence-electron chi connectivity index (χ3n) is 2.44. The molecule has 0 unspecified atom stereocenters. The summed E-state index contributed by atoms with van der Waals surface area (Å²) in [5.41, 5.74) is 1.03. The predicted octanol–water partition coefficient (Wildman–Crippen LogP) is 1.53. The van der Waals surface area contributed by atoms with Crippen LogP contribution in [0.5, 0.6) is 0 Å². The lowest BCUT2D eigenvalue weighted by molar-refractivity contribution is -0.138. The first kappa shape index (κ1) is 15.4. The Morgan fingerprint density at radius 2 is 1.65 bits per heavy atom. The van der Waals surface area contributed by atoms with Crippen molar-refractivity contribution >= 4 is 23.4 Å². The summed E-state index contributed by atoms with van der Waals surface area (Å²) in [4.78, 5) is 33.9. The molecule has 0 aromatic heterocycles. The molecule has 0 bridgehead atoms. The van der Waals surface area contributed by atoms with Crippen molar-refractivity contribution in [2.75, 3.05) is 19.5 Å². The fourth-order valence-electron chi connectivity index (χ4n) is 1.38. The molecule has 0 saturated carbocycles. The highest BCUT2D eigenvalue weighted by atomic mass is 16.5. The molecule has 20 heavy (non-hydrogen) atoms. The number of carbonyl (C=O) groups excluding carboxylic acids is 3. The molecule has 1 aromatic carbocycles. The molecule has 0 saturated heterocycles. The minimum absolute atomic E-state index is 0.0603. The van der Waals surface area contributed by atoms with Gasteiger partial charge in [-0.05, 0) is 31.2 Å². The average Bonchev–Trinajstić information content (AvgIpc) is 2.46. The van der Waals surface area contributed by atoms with E-state index in [0.717, 1.165) is 6.08 Å². The molecule has 6 nitrogen and oxygen atoms in total. The highest BCUT2D eigenvalue weighted by Gasteiger charge is 2.12. The predicted molar refractivity (Wildman–Crippen MR) is 72.2 cm³/mol. The monoisotopic (exact) mass is 277 g/mol. The lowest BCUT2D eigenvalue weighted by atomic mass is 10.1. The van der Waals surface area contributed by atoms with Gasteiger partial charge in [0.2, 0.25) is 0 Å². The van der Waals surface area contributed by atoms with Crippen LogP contribution in [0.25, 0.3) is 0 Å². The molecule has 6 heteroatoms. The Labute approximate surface area is 116 Å². The Kier molecular flexibility index (Phi) is 5.46. The number of ether oxygens (including phenoxy) is 2. The van der Waals surface area contributed by atoms with Gasteiger partial charge in [-0.25, -0.2) is 9.59 Å². The Bertz CT molecular complexity index is 545. The first-order valence-corrected chi connectivity index (χ1v) is 5.74. The standard InChI is InChI=1S/C14H15NO5/c1-9(16)10-4-6-11(7-5-10)15-12(14(18)20-3)8-13(17)19-2/h4-8,15H,1-3H3/b12-8+. The van der Waals surface area contributed by atoms with E-state index in [9.17, 15) is 14.4 Å². The fourth-order valence-corrected chi connectivity index (χ4v) is 1.38. The van der Waals surface area contributed by atoms with Crippen molar-refractivity contribution in [2.45, 2.75) is 6.92 Å². The number of hydrogen-bond acceptors (Lipinski definition) is 6. The number of hydrogen-bond donors (Lipinski definition) is 1. The van der Waals surface area contributed by atoms with Gasteiger partial charge in [0.15, 0.2) is 5.78 Å². The summed E-state index contributed by atoms with van der Waals surface area (Å²) < 4.78 is 9.02. The normalized spacial score (nSPS) is 10.7. The maximum atomic E-state index is 11.5. The fraction of sp³-hybridized carbons (Fsp3) is 0.214. The van der Waals surface area contributed by atoms with Crippen LogP contribution in [-0.4, -0.2) is 31.9 Å². The highest BCUT2D eigenvalue weighted by molar-refractivity contribution is 5.99. The van der Waals surface area contributed by atoms with Crippen molar-refractivity contribution in [1.82, 2.24) is 0 Å². The summed E-state index contributed by atoms with van der Waals surface area (Å²) >= 11 is 0. The summed E-state index contributed by atoms with van der Waals surface area (Å²) in [6, 6.07) is 6.45. The van der Waals surface area contributed by atoms with Gasteiger partial charge in [0.05, 0.1) is 20.3 Å².